The van der Waals surface area contributed by atoms with Crippen molar-refractivity contribution in [2.24, 2.45) is 11.5 Å². The summed E-state index contributed by atoms with van der Waals surface area (Å²) in [5.41, 5.74) is 9.78. The van der Waals surface area contributed by atoms with Crippen LogP contribution < -0.4 is 27.4 Å². The monoisotopic (exact) mass is 611 g/mol. The van der Waals surface area contributed by atoms with Crippen LogP contribution in [-0.2, 0) is 19.1 Å². The number of halogens is 3. The van der Waals surface area contributed by atoms with Gasteiger partial charge in [-0.3, -0.25) is 9.59 Å². The second-order valence-electron chi connectivity index (χ2n) is 10.3. The van der Waals surface area contributed by atoms with E-state index < -0.39 is 30.6 Å². The molecule has 7 N–H and O–H groups in total. The van der Waals surface area contributed by atoms with Crippen LogP contribution in [0, 0.1) is 0 Å². The molecule has 0 heterocycles. The molecule has 0 saturated carbocycles. The summed E-state index contributed by atoms with van der Waals surface area (Å²) in [6, 6.07) is -0.820. The molecule has 0 atom stereocenters. The Morgan fingerprint density at radius 3 is 1.43 bits per heavy atom. The number of urea groups is 1. The van der Waals surface area contributed by atoms with Crippen LogP contribution >= 0.6 is 0 Å². The highest BCUT2D eigenvalue weighted by Crippen LogP contribution is 2.17. The molecular weight excluding hydrogens is 555 g/mol. The number of unbranched alkanes of at least 4 members (excludes halogenated alkanes) is 12. The summed E-state index contributed by atoms with van der Waals surface area (Å²) in [5.74, 6) is -4.07. The van der Waals surface area contributed by atoms with Crippen LogP contribution in [0.3, 0.4) is 0 Å². The third-order valence-electron chi connectivity index (χ3n) is 6.24. The lowest BCUT2D eigenvalue weighted by atomic mass is 10.1. The molecule has 0 spiro atoms. The number of carbonyl (C=O) groups excluding carboxylic acids is 4. The molecule has 13 heteroatoms. The third kappa shape index (κ3) is 35.6. The summed E-state index contributed by atoms with van der Waals surface area (Å²) in [4.78, 5) is 41.5. The molecule has 0 saturated heterocycles. The molecule has 0 aromatic carbocycles. The fraction of sp³-hybridized carbons (Fsp3) is 0.862. The van der Waals surface area contributed by atoms with Gasteiger partial charge >= 0.3 is 24.1 Å². The van der Waals surface area contributed by atoms with E-state index in [0.717, 1.165) is 26.1 Å². The molecule has 0 fully saturated rings. The number of nitrogens with one attached hydrogen (secondary N) is 3. The van der Waals surface area contributed by atoms with Crippen LogP contribution in [0.1, 0.15) is 122 Å². The SMILES string of the molecule is CCCCCCCCCCCCCCNCCCCNCCCC(N)=O.NC(=O)NCCCC(=O)OC(=O)C(F)(F)F. The van der Waals surface area contributed by atoms with E-state index in [1.165, 1.54) is 96.4 Å². The van der Waals surface area contributed by atoms with E-state index in [4.69, 9.17) is 5.73 Å². The number of rotatable bonds is 26. The fourth-order valence-corrected chi connectivity index (χ4v) is 3.89. The van der Waals surface area contributed by atoms with E-state index >= 15 is 0 Å². The first kappa shape index (κ1) is 41.7. The van der Waals surface area contributed by atoms with Gasteiger partial charge in [0.2, 0.25) is 5.91 Å². The highest BCUT2D eigenvalue weighted by Gasteiger charge is 2.42. The molecule has 0 aliphatic rings. The van der Waals surface area contributed by atoms with Gasteiger partial charge in [-0.15, -0.1) is 0 Å². The predicted octanol–water partition coefficient (Wildman–Crippen LogP) is 4.98. The van der Waals surface area contributed by atoms with Gasteiger partial charge in [0.25, 0.3) is 0 Å². The standard InChI is InChI=1S/C22H47N3O.C7H9F3N2O4/c1-2-3-4-5-6-7-8-9-10-11-12-13-18-24-19-14-15-20-25-21-16-17-22(23)26;8-7(9,10)5(14)16-4(13)2-1-3-12-6(11)15/h24-25H,2-21H2,1H3,(H2,23,26);1-3H2,(H3,11,12,15). The number of esters is 2. The van der Waals surface area contributed by atoms with Crippen molar-refractivity contribution in [3.05, 3.63) is 0 Å². The van der Waals surface area contributed by atoms with Crippen molar-refractivity contribution < 1.29 is 37.1 Å². The highest BCUT2D eigenvalue weighted by molar-refractivity contribution is 5.88. The first-order valence-electron chi connectivity index (χ1n) is 15.6. The maximum Gasteiger partial charge on any atom is 0.491 e. The first-order chi connectivity index (χ1) is 20.0. The summed E-state index contributed by atoms with van der Waals surface area (Å²) in [7, 11) is 0. The fourth-order valence-electron chi connectivity index (χ4n) is 3.89. The molecule has 3 amide bonds. The van der Waals surface area contributed by atoms with Crippen molar-refractivity contribution in [3.63, 3.8) is 0 Å². The van der Waals surface area contributed by atoms with Crippen molar-refractivity contribution in [2.45, 2.75) is 129 Å². The van der Waals surface area contributed by atoms with Gasteiger partial charge in [0.1, 0.15) is 0 Å². The van der Waals surface area contributed by atoms with Crippen molar-refractivity contribution in [1.29, 1.82) is 0 Å². The summed E-state index contributed by atoms with van der Waals surface area (Å²) in [6.07, 6.45) is 15.2. The molecule has 42 heavy (non-hydrogen) atoms. The van der Waals surface area contributed by atoms with Crippen molar-refractivity contribution in [2.75, 3.05) is 32.7 Å². The second kappa shape index (κ2) is 30.1. The average Bonchev–Trinajstić information content (AvgIpc) is 2.91. The Morgan fingerprint density at radius 1 is 0.595 bits per heavy atom. The van der Waals surface area contributed by atoms with Crippen LogP contribution in [0.2, 0.25) is 0 Å². The minimum atomic E-state index is -5.19. The van der Waals surface area contributed by atoms with E-state index in [1.54, 1.807) is 0 Å². The normalized spacial score (nSPS) is 11.0. The Morgan fingerprint density at radius 2 is 1.00 bits per heavy atom. The van der Waals surface area contributed by atoms with Gasteiger partial charge in [-0.1, -0.05) is 77.6 Å². The topological polar surface area (TPSA) is 166 Å². The molecule has 0 bridgehead atoms. The van der Waals surface area contributed by atoms with Gasteiger partial charge in [-0.2, -0.15) is 13.2 Å². The van der Waals surface area contributed by atoms with Gasteiger partial charge in [0, 0.05) is 19.4 Å². The smallest absolute Gasteiger partial charge is 0.386 e. The summed E-state index contributed by atoms with van der Waals surface area (Å²) >= 11 is 0. The lowest BCUT2D eigenvalue weighted by molar-refractivity contribution is -0.201. The first-order valence-corrected chi connectivity index (χ1v) is 15.6. The van der Waals surface area contributed by atoms with Crippen molar-refractivity contribution in [1.82, 2.24) is 16.0 Å². The molecule has 0 aromatic heterocycles. The van der Waals surface area contributed by atoms with E-state index in [9.17, 15) is 32.3 Å². The summed E-state index contributed by atoms with van der Waals surface area (Å²) in [6.45, 7) is 6.52. The maximum atomic E-state index is 11.6. The van der Waals surface area contributed by atoms with Crippen molar-refractivity contribution >= 4 is 23.9 Å². The van der Waals surface area contributed by atoms with Crippen LogP contribution in [0.5, 0.6) is 0 Å². The molecule has 10 nitrogen and oxygen atoms in total. The molecule has 0 rings (SSSR count). The average molecular weight is 612 g/mol. The lowest BCUT2D eigenvalue weighted by Gasteiger charge is -2.06. The highest BCUT2D eigenvalue weighted by atomic mass is 19.4. The van der Waals surface area contributed by atoms with Gasteiger partial charge < -0.3 is 32.2 Å². The van der Waals surface area contributed by atoms with Crippen LogP contribution in [0.15, 0.2) is 0 Å². The minimum absolute atomic E-state index is 0.00460. The Hall–Kier alpha value is -2.41. The summed E-state index contributed by atoms with van der Waals surface area (Å²) < 4.78 is 38.3. The quantitative estimate of drug-likeness (QED) is 0.0523. The Labute approximate surface area is 250 Å². The van der Waals surface area contributed by atoms with Crippen LogP contribution in [0.25, 0.3) is 0 Å². The zero-order chi connectivity index (χ0) is 31.9. The number of nitrogens with two attached hydrogens (primary N) is 2. The number of alkyl halides is 3. The number of primary amides is 2. The number of carbonyl (C=O) groups is 4. The van der Waals surface area contributed by atoms with E-state index in [1.807, 2.05) is 0 Å². The Bertz CT molecular complexity index is 697. The van der Waals surface area contributed by atoms with Crippen LogP contribution in [0.4, 0.5) is 18.0 Å². The molecule has 0 unspecified atom stereocenters. The van der Waals surface area contributed by atoms with Crippen LogP contribution in [-0.4, -0.2) is 62.8 Å². The lowest BCUT2D eigenvalue weighted by Crippen LogP contribution is -2.31. The van der Waals surface area contributed by atoms with Gasteiger partial charge in [0.15, 0.2) is 0 Å². The molecular formula is C29H56F3N5O5. The van der Waals surface area contributed by atoms with E-state index in [-0.39, 0.29) is 18.9 Å². The van der Waals surface area contributed by atoms with Gasteiger partial charge in [0.05, 0.1) is 0 Å². The zero-order valence-corrected chi connectivity index (χ0v) is 25.6. The number of hydrogen-bond donors (Lipinski definition) is 5. The largest absolute Gasteiger partial charge is 0.491 e. The van der Waals surface area contributed by atoms with E-state index in [2.05, 4.69) is 33.3 Å². The summed E-state index contributed by atoms with van der Waals surface area (Å²) in [5, 5.41) is 9.01. The number of ether oxygens (including phenoxy) is 1. The molecule has 0 aliphatic heterocycles. The molecule has 0 aromatic rings. The third-order valence-corrected chi connectivity index (χ3v) is 6.24. The minimum Gasteiger partial charge on any atom is -0.386 e. The number of amides is 3. The number of hydrogen-bond acceptors (Lipinski definition) is 7. The predicted molar refractivity (Wildman–Crippen MR) is 158 cm³/mol. The Balaban J connectivity index is 0. The molecule has 0 radical (unpaired) electrons. The van der Waals surface area contributed by atoms with Gasteiger partial charge in [-0.05, 0) is 58.3 Å². The maximum absolute atomic E-state index is 11.6. The zero-order valence-electron chi connectivity index (χ0n) is 25.6. The molecule has 0 aliphatic carbocycles. The van der Waals surface area contributed by atoms with Crippen molar-refractivity contribution in [3.8, 4) is 0 Å². The Kier molecular flexibility index (Phi) is 29.9. The molecule has 248 valence electrons. The van der Waals surface area contributed by atoms with Gasteiger partial charge in [-0.25, -0.2) is 9.59 Å². The van der Waals surface area contributed by atoms with E-state index in [0.29, 0.717) is 6.42 Å². The second-order valence-corrected chi connectivity index (χ2v) is 10.3.